The average molecular weight is 310 g/mol. The van der Waals surface area contributed by atoms with Gasteiger partial charge in [-0.3, -0.25) is 4.79 Å². The van der Waals surface area contributed by atoms with Crippen molar-refractivity contribution in [3.63, 3.8) is 0 Å². The highest BCUT2D eigenvalue weighted by molar-refractivity contribution is 9.10. The van der Waals surface area contributed by atoms with Crippen LogP contribution < -0.4 is 5.32 Å². The van der Waals surface area contributed by atoms with Gasteiger partial charge in [-0.05, 0) is 24.6 Å². The molecule has 0 saturated heterocycles. The molecule has 94 valence electrons. The molecule has 0 fully saturated rings. The molecule has 2 nitrogen and oxygen atoms in total. The lowest BCUT2D eigenvalue weighted by Gasteiger charge is -2.07. The molecule has 0 aliphatic rings. The maximum Gasteiger partial charge on any atom is 0.389 e. The molecule has 1 aromatic carbocycles. The predicted molar refractivity (Wildman–Crippen MR) is 61.8 cm³/mol. The Bertz CT molecular complexity index is 393. The number of carbonyl (C=O) groups excluding carboxylic acids is 1. The van der Waals surface area contributed by atoms with Crippen molar-refractivity contribution in [3.8, 4) is 0 Å². The Balaban J connectivity index is 2.36. The zero-order valence-electron chi connectivity index (χ0n) is 8.85. The number of hydrogen-bond acceptors (Lipinski definition) is 1. The van der Waals surface area contributed by atoms with Crippen molar-refractivity contribution in [1.29, 1.82) is 0 Å². The largest absolute Gasteiger partial charge is 0.389 e. The fraction of sp³-hybridized carbons (Fsp3) is 0.364. The molecular weight excluding hydrogens is 299 g/mol. The molecule has 0 heterocycles. The maximum atomic E-state index is 11.8. The number of nitrogens with one attached hydrogen (secondary N) is 1. The smallest absolute Gasteiger partial charge is 0.352 e. The highest BCUT2D eigenvalue weighted by atomic mass is 79.9. The van der Waals surface area contributed by atoms with Crippen molar-refractivity contribution < 1.29 is 18.0 Å². The van der Waals surface area contributed by atoms with Crippen molar-refractivity contribution in [1.82, 2.24) is 5.32 Å². The Kier molecular flexibility index (Phi) is 4.99. The van der Waals surface area contributed by atoms with Crippen molar-refractivity contribution in [2.24, 2.45) is 0 Å². The lowest BCUT2D eigenvalue weighted by atomic mass is 10.2. The van der Waals surface area contributed by atoms with E-state index in [-0.39, 0.29) is 18.9 Å². The first-order valence-electron chi connectivity index (χ1n) is 4.99. The maximum absolute atomic E-state index is 11.8. The summed E-state index contributed by atoms with van der Waals surface area (Å²) in [6.07, 6.45) is -5.16. The number of halogens is 4. The van der Waals surface area contributed by atoms with E-state index in [1.807, 2.05) is 0 Å². The topological polar surface area (TPSA) is 29.1 Å². The van der Waals surface area contributed by atoms with Crippen LogP contribution in [0, 0.1) is 0 Å². The predicted octanol–water partition coefficient (Wildman–Crippen LogP) is 3.52. The summed E-state index contributed by atoms with van der Waals surface area (Å²) in [5, 5.41) is 2.44. The summed E-state index contributed by atoms with van der Waals surface area (Å²) in [7, 11) is 0. The molecule has 0 aliphatic carbocycles. The van der Waals surface area contributed by atoms with Crippen LogP contribution in [0.2, 0.25) is 0 Å². The van der Waals surface area contributed by atoms with Gasteiger partial charge in [0.1, 0.15) is 0 Å². The molecule has 17 heavy (non-hydrogen) atoms. The molecule has 1 aromatic rings. The second-order valence-electron chi connectivity index (χ2n) is 3.48. The normalized spacial score (nSPS) is 11.3. The van der Waals surface area contributed by atoms with Gasteiger partial charge in [0, 0.05) is 23.0 Å². The third kappa shape index (κ3) is 5.72. The van der Waals surface area contributed by atoms with Crippen LogP contribution in [0.1, 0.15) is 23.2 Å². The standard InChI is InChI=1S/C11H11BrF3NO/c12-9-4-1-3-8(7-9)10(17)16-6-2-5-11(13,14)15/h1,3-4,7H,2,5-6H2,(H,16,17). The SMILES string of the molecule is O=C(NCCCC(F)(F)F)c1cccc(Br)c1. The Hall–Kier alpha value is -1.04. The van der Waals surface area contributed by atoms with Crippen LogP contribution in [0.25, 0.3) is 0 Å². The Labute approximate surface area is 105 Å². The molecular formula is C11H11BrF3NO. The second-order valence-corrected chi connectivity index (χ2v) is 4.40. The monoisotopic (exact) mass is 309 g/mol. The molecule has 1 N–H and O–H groups in total. The number of rotatable bonds is 4. The first-order valence-corrected chi connectivity index (χ1v) is 5.78. The van der Waals surface area contributed by atoms with Crippen molar-refractivity contribution in [3.05, 3.63) is 34.3 Å². The minimum Gasteiger partial charge on any atom is -0.352 e. The van der Waals surface area contributed by atoms with Crippen LogP contribution in [-0.4, -0.2) is 18.6 Å². The second kappa shape index (κ2) is 6.05. The summed E-state index contributed by atoms with van der Waals surface area (Å²) in [5.74, 6) is -0.367. The Morgan fingerprint density at radius 1 is 1.35 bits per heavy atom. The van der Waals surface area contributed by atoms with Crippen molar-refractivity contribution in [2.45, 2.75) is 19.0 Å². The van der Waals surface area contributed by atoms with E-state index in [4.69, 9.17) is 0 Å². The van der Waals surface area contributed by atoms with Gasteiger partial charge in [-0.15, -0.1) is 0 Å². The zero-order chi connectivity index (χ0) is 12.9. The highest BCUT2D eigenvalue weighted by Crippen LogP contribution is 2.20. The van der Waals surface area contributed by atoms with Gasteiger partial charge in [0.15, 0.2) is 0 Å². The fourth-order valence-corrected chi connectivity index (χ4v) is 1.62. The molecule has 0 saturated carbocycles. The summed E-state index contributed by atoms with van der Waals surface area (Å²) in [5.41, 5.74) is 0.423. The van der Waals surface area contributed by atoms with E-state index in [0.29, 0.717) is 5.56 Å². The molecule has 1 amide bonds. The van der Waals surface area contributed by atoms with Gasteiger partial charge >= 0.3 is 6.18 Å². The quantitative estimate of drug-likeness (QED) is 0.847. The van der Waals surface area contributed by atoms with Crippen molar-refractivity contribution >= 4 is 21.8 Å². The summed E-state index contributed by atoms with van der Waals surface area (Å²) in [4.78, 5) is 11.5. The van der Waals surface area contributed by atoms with E-state index in [1.54, 1.807) is 24.3 Å². The number of carbonyl (C=O) groups is 1. The van der Waals surface area contributed by atoms with Gasteiger partial charge in [0.05, 0.1) is 0 Å². The lowest BCUT2D eigenvalue weighted by molar-refractivity contribution is -0.135. The van der Waals surface area contributed by atoms with Crippen LogP contribution in [0.15, 0.2) is 28.7 Å². The van der Waals surface area contributed by atoms with Gasteiger partial charge in [-0.1, -0.05) is 22.0 Å². The van der Waals surface area contributed by atoms with E-state index in [1.165, 1.54) is 0 Å². The molecule has 0 spiro atoms. The van der Waals surface area contributed by atoms with E-state index in [0.717, 1.165) is 4.47 Å². The molecule has 0 bridgehead atoms. The highest BCUT2D eigenvalue weighted by Gasteiger charge is 2.25. The van der Waals surface area contributed by atoms with E-state index < -0.39 is 12.6 Å². The van der Waals surface area contributed by atoms with Gasteiger partial charge in [-0.2, -0.15) is 13.2 Å². The van der Waals surface area contributed by atoms with E-state index in [2.05, 4.69) is 21.2 Å². The summed E-state index contributed by atoms with van der Waals surface area (Å²) in [6.45, 7) is 0.0187. The van der Waals surface area contributed by atoms with Gasteiger partial charge in [-0.25, -0.2) is 0 Å². The van der Waals surface area contributed by atoms with Crippen LogP contribution >= 0.6 is 15.9 Å². The molecule has 0 unspecified atom stereocenters. The number of benzene rings is 1. The zero-order valence-corrected chi connectivity index (χ0v) is 10.4. The minimum atomic E-state index is -4.17. The Morgan fingerprint density at radius 3 is 2.65 bits per heavy atom. The molecule has 0 aromatic heterocycles. The minimum absolute atomic E-state index is 0.0187. The molecule has 1 rings (SSSR count). The van der Waals surface area contributed by atoms with Gasteiger partial charge in [0.25, 0.3) is 5.91 Å². The van der Waals surface area contributed by atoms with Gasteiger partial charge in [0.2, 0.25) is 0 Å². The van der Waals surface area contributed by atoms with E-state index >= 15 is 0 Å². The van der Waals surface area contributed by atoms with E-state index in [9.17, 15) is 18.0 Å². The van der Waals surface area contributed by atoms with Gasteiger partial charge < -0.3 is 5.32 Å². The fourth-order valence-electron chi connectivity index (χ4n) is 1.22. The molecule has 6 heteroatoms. The summed E-state index contributed by atoms with van der Waals surface area (Å²) >= 11 is 3.21. The third-order valence-electron chi connectivity index (χ3n) is 2.01. The number of alkyl halides is 3. The number of hydrogen-bond donors (Lipinski definition) is 1. The molecule has 0 atom stereocenters. The average Bonchev–Trinajstić information content (AvgIpc) is 2.23. The molecule has 0 aliphatic heterocycles. The molecule has 0 radical (unpaired) electrons. The Morgan fingerprint density at radius 2 is 2.06 bits per heavy atom. The lowest BCUT2D eigenvalue weighted by Crippen LogP contribution is -2.25. The number of amides is 1. The van der Waals surface area contributed by atoms with Crippen LogP contribution in [0.4, 0.5) is 13.2 Å². The first kappa shape index (κ1) is 14.0. The summed E-state index contributed by atoms with van der Waals surface area (Å²) < 4.78 is 36.3. The first-order chi connectivity index (χ1) is 7.88. The van der Waals surface area contributed by atoms with Crippen LogP contribution in [-0.2, 0) is 0 Å². The van der Waals surface area contributed by atoms with Crippen LogP contribution in [0.5, 0.6) is 0 Å². The third-order valence-corrected chi connectivity index (χ3v) is 2.50. The summed E-state index contributed by atoms with van der Waals surface area (Å²) in [6, 6.07) is 6.66. The van der Waals surface area contributed by atoms with Crippen molar-refractivity contribution in [2.75, 3.05) is 6.54 Å². The van der Waals surface area contributed by atoms with Crippen LogP contribution in [0.3, 0.4) is 0 Å².